The van der Waals surface area contributed by atoms with Gasteiger partial charge in [0.2, 0.25) is 0 Å². The van der Waals surface area contributed by atoms with Gasteiger partial charge in [-0.2, -0.15) is 10.1 Å². The highest BCUT2D eigenvalue weighted by molar-refractivity contribution is 14.1. The molecular formula is C18H17IN2O4. The Morgan fingerprint density at radius 1 is 1.20 bits per heavy atom. The van der Waals surface area contributed by atoms with Crippen molar-refractivity contribution in [3.8, 4) is 11.5 Å². The zero-order valence-corrected chi connectivity index (χ0v) is 15.7. The molecule has 4 atom stereocenters. The van der Waals surface area contributed by atoms with Gasteiger partial charge in [0.25, 0.3) is 11.8 Å². The molecule has 5 rings (SSSR count). The summed E-state index contributed by atoms with van der Waals surface area (Å²) in [5.41, 5.74) is 0.649. The number of carbonyl (C=O) groups is 2. The molecule has 6 nitrogen and oxygen atoms in total. The predicted octanol–water partition coefficient (Wildman–Crippen LogP) is 2.54. The van der Waals surface area contributed by atoms with E-state index in [-0.39, 0.29) is 41.2 Å². The molecule has 0 spiro atoms. The summed E-state index contributed by atoms with van der Waals surface area (Å²) in [6, 6.07) is 3.33. The fraction of sp³-hybridized carbons (Fsp3) is 0.389. The van der Waals surface area contributed by atoms with Gasteiger partial charge in [0.15, 0.2) is 11.5 Å². The Balaban J connectivity index is 1.62. The first-order valence-electron chi connectivity index (χ1n) is 8.18. The number of benzene rings is 1. The summed E-state index contributed by atoms with van der Waals surface area (Å²) in [5.74, 6) is -0.240. The molecule has 4 aliphatic rings. The number of allylic oxidation sites excluding steroid dienone is 2. The number of carbonyl (C=O) groups excluding carboxylic acids is 2. The number of imide groups is 1. The molecule has 1 N–H and O–H groups in total. The first-order valence-corrected chi connectivity index (χ1v) is 9.25. The minimum Gasteiger partial charge on any atom is -0.504 e. The molecule has 130 valence electrons. The van der Waals surface area contributed by atoms with Crippen molar-refractivity contribution in [3.63, 3.8) is 0 Å². The summed E-state index contributed by atoms with van der Waals surface area (Å²) < 4.78 is 5.73. The molecule has 1 aliphatic heterocycles. The van der Waals surface area contributed by atoms with Gasteiger partial charge in [-0.3, -0.25) is 9.59 Å². The van der Waals surface area contributed by atoms with Crippen LogP contribution in [0, 0.1) is 27.2 Å². The average molecular weight is 452 g/mol. The largest absolute Gasteiger partial charge is 0.504 e. The Labute approximate surface area is 158 Å². The zero-order chi connectivity index (χ0) is 17.7. The SMILES string of the molecule is COc1cc(/C=N/N2C(=O)[C@@H]3[C@H](C2=O)[C@@H]2C=C[C@@H]3CC2)cc(I)c1O. The molecule has 7 heteroatoms. The van der Waals surface area contributed by atoms with E-state index < -0.39 is 0 Å². The Kier molecular flexibility index (Phi) is 4.05. The van der Waals surface area contributed by atoms with Crippen molar-refractivity contribution in [2.75, 3.05) is 7.11 Å². The topological polar surface area (TPSA) is 79.2 Å². The minimum atomic E-state index is -0.261. The van der Waals surface area contributed by atoms with Crippen molar-refractivity contribution in [1.82, 2.24) is 5.01 Å². The number of rotatable bonds is 3. The summed E-state index contributed by atoms with van der Waals surface area (Å²) >= 11 is 1.99. The van der Waals surface area contributed by atoms with E-state index in [1.54, 1.807) is 12.1 Å². The predicted molar refractivity (Wildman–Crippen MR) is 99.2 cm³/mol. The van der Waals surface area contributed by atoms with Crippen LogP contribution in [0.1, 0.15) is 18.4 Å². The lowest BCUT2D eigenvalue weighted by Gasteiger charge is -2.37. The summed E-state index contributed by atoms with van der Waals surface area (Å²) in [6.45, 7) is 0. The second-order valence-electron chi connectivity index (χ2n) is 6.63. The van der Waals surface area contributed by atoms with Gasteiger partial charge >= 0.3 is 0 Å². The van der Waals surface area contributed by atoms with Gasteiger partial charge in [0.1, 0.15) is 0 Å². The maximum Gasteiger partial charge on any atom is 0.254 e. The molecule has 1 saturated heterocycles. The molecule has 1 heterocycles. The van der Waals surface area contributed by atoms with Crippen LogP contribution < -0.4 is 4.74 Å². The van der Waals surface area contributed by atoms with Gasteiger partial charge in [0.05, 0.1) is 28.7 Å². The third-order valence-corrected chi connectivity index (χ3v) is 6.15. The number of fused-ring (bicyclic) bond motifs is 1. The van der Waals surface area contributed by atoms with Crippen LogP contribution in [0.3, 0.4) is 0 Å². The van der Waals surface area contributed by atoms with E-state index in [9.17, 15) is 14.7 Å². The van der Waals surface area contributed by atoms with Crippen LogP contribution in [0.5, 0.6) is 11.5 Å². The number of hydrazone groups is 1. The smallest absolute Gasteiger partial charge is 0.254 e. The Bertz CT molecular complexity index is 788. The average Bonchev–Trinajstić information content (AvgIpc) is 2.90. The highest BCUT2D eigenvalue weighted by Gasteiger charge is 2.56. The normalized spacial score (nSPS) is 30.4. The van der Waals surface area contributed by atoms with Gasteiger partial charge in [-0.25, -0.2) is 0 Å². The third-order valence-electron chi connectivity index (χ3n) is 5.33. The number of nitrogens with zero attached hydrogens (tertiary/aromatic N) is 2. The van der Waals surface area contributed by atoms with Crippen molar-refractivity contribution >= 4 is 40.6 Å². The summed E-state index contributed by atoms with van der Waals surface area (Å²) in [4.78, 5) is 25.4. The van der Waals surface area contributed by atoms with E-state index in [2.05, 4.69) is 17.3 Å². The Hall–Kier alpha value is -1.90. The lowest BCUT2D eigenvalue weighted by molar-refractivity contribution is -0.140. The Morgan fingerprint density at radius 3 is 2.32 bits per heavy atom. The van der Waals surface area contributed by atoms with Gasteiger partial charge in [0, 0.05) is 0 Å². The zero-order valence-electron chi connectivity index (χ0n) is 13.6. The lowest BCUT2D eigenvalue weighted by atomic mass is 9.63. The fourth-order valence-corrected chi connectivity index (χ4v) is 4.75. The highest BCUT2D eigenvalue weighted by Crippen LogP contribution is 2.49. The standard InChI is InChI=1S/C18H17IN2O4/c1-25-13-7-9(6-12(19)16(13)22)8-20-21-17(23)14-10-2-3-11(5-4-10)15(14)18(21)24/h2-3,6-8,10-11,14-15,22H,4-5H2,1H3/b20-8+/t10-,11-,14-,15+/m1/s1. The number of hydrogen-bond donors (Lipinski definition) is 1. The molecule has 2 bridgehead atoms. The number of methoxy groups -OCH3 is 1. The molecule has 1 aromatic carbocycles. The van der Waals surface area contributed by atoms with Crippen molar-refractivity contribution in [2.45, 2.75) is 12.8 Å². The molecule has 0 aromatic heterocycles. The van der Waals surface area contributed by atoms with Gasteiger partial charge in [-0.1, -0.05) is 12.2 Å². The Morgan fingerprint density at radius 2 is 1.80 bits per heavy atom. The molecule has 0 radical (unpaired) electrons. The maximum absolute atomic E-state index is 12.7. The molecular weight excluding hydrogens is 435 g/mol. The van der Waals surface area contributed by atoms with Crippen molar-refractivity contribution in [2.24, 2.45) is 28.8 Å². The van der Waals surface area contributed by atoms with Crippen molar-refractivity contribution in [3.05, 3.63) is 33.4 Å². The maximum atomic E-state index is 12.7. The monoisotopic (exact) mass is 452 g/mol. The van der Waals surface area contributed by atoms with Gasteiger partial charge in [-0.15, -0.1) is 0 Å². The van der Waals surface area contributed by atoms with E-state index in [4.69, 9.17) is 4.74 Å². The molecule has 0 unspecified atom stereocenters. The van der Waals surface area contributed by atoms with E-state index in [1.165, 1.54) is 13.3 Å². The van der Waals surface area contributed by atoms with E-state index in [0.29, 0.717) is 14.9 Å². The minimum absolute atomic E-state index is 0.0576. The number of aromatic hydroxyl groups is 1. The van der Waals surface area contributed by atoms with E-state index in [0.717, 1.165) is 17.9 Å². The van der Waals surface area contributed by atoms with E-state index in [1.807, 2.05) is 22.6 Å². The molecule has 1 aromatic rings. The van der Waals surface area contributed by atoms with Gasteiger partial charge in [-0.05, 0) is 65.0 Å². The number of ether oxygens (including phenoxy) is 1. The van der Waals surface area contributed by atoms with Crippen molar-refractivity contribution in [1.29, 1.82) is 0 Å². The first-order chi connectivity index (χ1) is 12.0. The van der Waals surface area contributed by atoms with Crippen LogP contribution in [0.4, 0.5) is 0 Å². The number of amides is 2. The molecule has 2 fully saturated rings. The second kappa shape index (κ2) is 6.12. The quantitative estimate of drug-likeness (QED) is 0.331. The molecule has 25 heavy (non-hydrogen) atoms. The number of halogens is 1. The number of phenolic OH excluding ortho intramolecular Hbond substituents is 1. The van der Waals surface area contributed by atoms with Gasteiger partial charge < -0.3 is 9.84 Å². The lowest BCUT2D eigenvalue weighted by Crippen LogP contribution is -2.38. The van der Waals surface area contributed by atoms with Crippen molar-refractivity contribution < 1.29 is 19.4 Å². The van der Waals surface area contributed by atoms with Crippen LogP contribution in [0.15, 0.2) is 29.4 Å². The fourth-order valence-electron chi connectivity index (χ4n) is 4.12. The molecule has 2 amide bonds. The number of hydrogen-bond acceptors (Lipinski definition) is 5. The summed E-state index contributed by atoms with van der Waals surface area (Å²) in [7, 11) is 1.47. The van der Waals surface area contributed by atoms with Crippen LogP contribution in [-0.2, 0) is 9.59 Å². The molecule has 3 aliphatic carbocycles. The van der Waals surface area contributed by atoms with E-state index >= 15 is 0 Å². The van der Waals surface area contributed by atoms with Crippen LogP contribution in [0.2, 0.25) is 0 Å². The second-order valence-corrected chi connectivity index (χ2v) is 7.79. The summed E-state index contributed by atoms with van der Waals surface area (Å²) in [6.07, 6.45) is 7.56. The number of phenols is 1. The highest BCUT2D eigenvalue weighted by atomic mass is 127. The summed E-state index contributed by atoms with van der Waals surface area (Å²) in [5, 5.41) is 15.1. The van der Waals surface area contributed by atoms with Crippen LogP contribution >= 0.6 is 22.6 Å². The van der Waals surface area contributed by atoms with Crippen LogP contribution in [0.25, 0.3) is 0 Å². The molecule has 1 saturated carbocycles. The van der Waals surface area contributed by atoms with Crippen LogP contribution in [-0.4, -0.2) is 35.3 Å². The third kappa shape index (κ3) is 2.56. The first kappa shape index (κ1) is 16.6.